The first-order chi connectivity index (χ1) is 9.99. The van der Waals surface area contributed by atoms with Gasteiger partial charge < -0.3 is 19.9 Å². The Hall–Kier alpha value is -2.08. The Bertz CT molecular complexity index is 545. The Labute approximate surface area is 123 Å². The smallest absolute Gasteiger partial charge is 0.337 e. The number of carboxylic acids is 1. The molecule has 0 unspecified atom stereocenters. The molecule has 1 aromatic carbocycles. The first-order valence-electron chi connectivity index (χ1n) is 6.76. The van der Waals surface area contributed by atoms with Crippen molar-refractivity contribution in [1.29, 1.82) is 0 Å². The molecule has 2 rings (SSSR count). The highest BCUT2D eigenvalue weighted by atomic mass is 16.5. The number of anilines is 1. The molecule has 114 valence electrons. The number of carboxylic acid groups (broad SMARTS) is 1. The van der Waals surface area contributed by atoms with E-state index in [0.717, 1.165) is 19.3 Å². The SMILES string of the molecule is COc1ccc(C(=O)O)c(NC(=O)CC2(OC)CCC2)c1. The van der Waals surface area contributed by atoms with Crippen LogP contribution in [0.4, 0.5) is 5.69 Å². The predicted molar refractivity (Wildman–Crippen MR) is 76.8 cm³/mol. The van der Waals surface area contributed by atoms with Gasteiger partial charge in [0.2, 0.25) is 5.91 Å². The van der Waals surface area contributed by atoms with Gasteiger partial charge in [-0.2, -0.15) is 0 Å². The molecular weight excluding hydrogens is 274 g/mol. The van der Waals surface area contributed by atoms with Crippen LogP contribution in [0.25, 0.3) is 0 Å². The highest BCUT2D eigenvalue weighted by Crippen LogP contribution is 2.38. The fourth-order valence-electron chi connectivity index (χ4n) is 2.45. The van der Waals surface area contributed by atoms with Crippen LogP contribution in [0.5, 0.6) is 5.75 Å². The van der Waals surface area contributed by atoms with Crippen molar-refractivity contribution in [1.82, 2.24) is 0 Å². The maximum atomic E-state index is 12.1. The number of hydrogen-bond acceptors (Lipinski definition) is 4. The summed E-state index contributed by atoms with van der Waals surface area (Å²) in [5, 5.41) is 11.8. The number of hydrogen-bond donors (Lipinski definition) is 2. The molecule has 0 saturated heterocycles. The topological polar surface area (TPSA) is 84.9 Å². The Morgan fingerprint density at radius 2 is 2.05 bits per heavy atom. The molecule has 1 aliphatic rings. The van der Waals surface area contributed by atoms with Crippen LogP contribution in [0, 0.1) is 0 Å². The average molecular weight is 293 g/mol. The number of carbonyl (C=O) groups excluding carboxylic acids is 1. The molecular formula is C15H19NO5. The van der Waals surface area contributed by atoms with Gasteiger partial charge in [0.1, 0.15) is 5.75 Å². The molecule has 1 aliphatic carbocycles. The second-order valence-corrected chi connectivity index (χ2v) is 5.18. The van der Waals surface area contributed by atoms with E-state index in [1.807, 2.05) is 0 Å². The third kappa shape index (κ3) is 3.33. The molecule has 1 amide bonds. The number of aromatic carboxylic acids is 1. The molecule has 6 heteroatoms. The Balaban J connectivity index is 2.14. The van der Waals surface area contributed by atoms with E-state index < -0.39 is 11.6 Å². The third-order valence-electron chi connectivity index (χ3n) is 3.91. The molecule has 0 aliphatic heterocycles. The lowest BCUT2D eigenvalue weighted by atomic mass is 9.77. The molecule has 21 heavy (non-hydrogen) atoms. The van der Waals surface area contributed by atoms with Gasteiger partial charge in [-0.15, -0.1) is 0 Å². The molecule has 1 fully saturated rings. The largest absolute Gasteiger partial charge is 0.497 e. The van der Waals surface area contributed by atoms with Crippen molar-refractivity contribution in [3.63, 3.8) is 0 Å². The van der Waals surface area contributed by atoms with E-state index in [9.17, 15) is 9.59 Å². The zero-order valence-corrected chi connectivity index (χ0v) is 12.1. The monoisotopic (exact) mass is 293 g/mol. The van der Waals surface area contributed by atoms with Gasteiger partial charge >= 0.3 is 5.97 Å². The summed E-state index contributed by atoms with van der Waals surface area (Å²) in [5.74, 6) is -0.870. The first kappa shape index (κ1) is 15.3. The van der Waals surface area contributed by atoms with E-state index >= 15 is 0 Å². The first-order valence-corrected chi connectivity index (χ1v) is 6.76. The molecule has 0 spiro atoms. The van der Waals surface area contributed by atoms with Gasteiger partial charge in [-0.1, -0.05) is 0 Å². The zero-order chi connectivity index (χ0) is 15.5. The fraction of sp³-hybridized carbons (Fsp3) is 0.467. The summed E-state index contributed by atoms with van der Waals surface area (Å²) in [6.45, 7) is 0. The number of carbonyl (C=O) groups is 2. The summed E-state index contributed by atoms with van der Waals surface area (Å²) in [7, 11) is 3.08. The minimum absolute atomic E-state index is 0.0317. The Kier molecular flexibility index (Phi) is 4.47. The van der Waals surface area contributed by atoms with E-state index in [1.54, 1.807) is 13.2 Å². The van der Waals surface area contributed by atoms with Gasteiger partial charge in [0.25, 0.3) is 0 Å². The maximum absolute atomic E-state index is 12.1. The van der Waals surface area contributed by atoms with E-state index in [-0.39, 0.29) is 23.6 Å². The van der Waals surface area contributed by atoms with Crippen LogP contribution in [0.1, 0.15) is 36.0 Å². The molecule has 1 aromatic rings. The van der Waals surface area contributed by atoms with Gasteiger partial charge in [0, 0.05) is 13.2 Å². The van der Waals surface area contributed by atoms with Crippen molar-refractivity contribution in [3.8, 4) is 5.75 Å². The van der Waals surface area contributed by atoms with Crippen LogP contribution in [-0.4, -0.2) is 36.8 Å². The summed E-state index contributed by atoms with van der Waals surface area (Å²) in [4.78, 5) is 23.3. The van der Waals surface area contributed by atoms with Crippen LogP contribution < -0.4 is 10.1 Å². The van der Waals surface area contributed by atoms with Crippen LogP contribution >= 0.6 is 0 Å². The highest BCUT2D eigenvalue weighted by Gasteiger charge is 2.39. The summed E-state index contributed by atoms with van der Waals surface area (Å²) in [5.41, 5.74) is -0.131. The molecule has 2 N–H and O–H groups in total. The Morgan fingerprint density at radius 1 is 1.33 bits per heavy atom. The van der Waals surface area contributed by atoms with Crippen LogP contribution in [0.2, 0.25) is 0 Å². The Morgan fingerprint density at radius 3 is 2.52 bits per heavy atom. The fourth-order valence-corrected chi connectivity index (χ4v) is 2.45. The van der Waals surface area contributed by atoms with E-state index in [0.29, 0.717) is 5.75 Å². The third-order valence-corrected chi connectivity index (χ3v) is 3.91. The summed E-state index contributed by atoms with van der Waals surface area (Å²) < 4.78 is 10.5. The minimum atomic E-state index is -1.10. The van der Waals surface area contributed by atoms with Crippen molar-refractivity contribution in [2.45, 2.75) is 31.3 Å². The number of nitrogens with one attached hydrogen (secondary N) is 1. The quantitative estimate of drug-likeness (QED) is 0.840. The van der Waals surface area contributed by atoms with Crippen molar-refractivity contribution >= 4 is 17.6 Å². The summed E-state index contributed by atoms with van der Waals surface area (Å²) >= 11 is 0. The van der Waals surface area contributed by atoms with Gasteiger partial charge in [-0.25, -0.2) is 4.79 Å². The van der Waals surface area contributed by atoms with Crippen LogP contribution in [-0.2, 0) is 9.53 Å². The van der Waals surface area contributed by atoms with Gasteiger partial charge in [0.05, 0.1) is 30.4 Å². The summed E-state index contributed by atoms with van der Waals surface area (Å²) in [6, 6.07) is 4.45. The van der Waals surface area contributed by atoms with Crippen molar-refractivity contribution < 1.29 is 24.2 Å². The van der Waals surface area contributed by atoms with Gasteiger partial charge in [0.15, 0.2) is 0 Å². The number of amides is 1. The maximum Gasteiger partial charge on any atom is 0.337 e. The molecule has 0 bridgehead atoms. The second-order valence-electron chi connectivity index (χ2n) is 5.18. The lowest BCUT2D eigenvalue weighted by Gasteiger charge is -2.39. The average Bonchev–Trinajstić information content (AvgIpc) is 2.42. The lowest BCUT2D eigenvalue weighted by Crippen LogP contribution is -2.42. The standard InChI is InChI=1S/C15H19NO5/c1-20-10-4-5-11(14(18)19)12(8-10)16-13(17)9-15(21-2)6-3-7-15/h4-5,8H,3,6-7,9H2,1-2H3,(H,16,17)(H,18,19). The van der Waals surface area contributed by atoms with E-state index in [4.69, 9.17) is 14.6 Å². The van der Waals surface area contributed by atoms with E-state index in [2.05, 4.69) is 5.32 Å². The minimum Gasteiger partial charge on any atom is -0.497 e. The second kappa shape index (κ2) is 6.13. The van der Waals surface area contributed by atoms with Crippen LogP contribution in [0.15, 0.2) is 18.2 Å². The highest BCUT2D eigenvalue weighted by molar-refractivity contribution is 6.01. The molecule has 0 atom stereocenters. The van der Waals surface area contributed by atoms with Gasteiger partial charge in [-0.3, -0.25) is 4.79 Å². The number of benzene rings is 1. The molecule has 0 heterocycles. The summed E-state index contributed by atoms with van der Waals surface area (Å²) in [6.07, 6.45) is 2.96. The van der Waals surface area contributed by atoms with Crippen LogP contribution in [0.3, 0.4) is 0 Å². The predicted octanol–water partition coefficient (Wildman–Crippen LogP) is 2.29. The number of ether oxygens (including phenoxy) is 2. The molecule has 0 aromatic heterocycles. The van der Waals surface area contributed by atoms with Crippen molar-refractivity contribution in [2.75, 3.05) is 19.5 Å². The lowest BCUT2D eigenvalue weighted by molar-refractivity contribution is -0.129. The van der Waals surface area contributed by atoms with E-state index in [1.165, 1.54) is 19.2 Å². The van der Waals surface area contributed by atoms with Gasteiger partial charge in [-0.05, 0) is 31.4 Å². The zero-order valence-electron chi connectivity index (χ0n) is 12.1. The van der Waals surface area contributed by atoms with Crippen molar-refractivity contribution in [2.24, 2.45) is 0 Å². The molecule has 1 saturated carbocycles. The number of methoxy groups -OCH3 is 2. The number of rotatable bonds is 6. The normalized spacial score (nSPS) is 15.9. The van der Waals surface area contributed by atoms with Crippen molar-refractivity contribution in [3.05, 3.63) is 23.8 Å². The molecule has 6 nitrogen and oxygen atoms in total. The molecule has 0 radical (unpaired) electrons.